The third kappa shape index (κ3) is 3.30. The molecular formula is C21H25NO2. The fourth-order valence-electron chi connectivity index (χ4n) is 3.33. The first-order valence-corrected chi connectivity index (χ1v) is 8.73. The third-order valence-corrected chi connectivity index (χ3v) is 4.62. The minimum Gasteiger partial charge on any atom is -0.480 e. The molecule has 1 aliphatic heterocycles. The second kappa shape index (κ2) is 7.08. The highest BCUT2D eigenvalue weighted by Crippen LogP contribution is 2.29. The maximum Gasteiger partial charge on any atom is 0.268 e. The topological polar surface area (TPSA) is 29.5 Å². The molecule has 1 heterocycles. The van der Waals surface area contributed by atoms with Crippen LogP contribution >= 0.6 is 0 Å². The number of ether oxygens (including phenoxy) is 1. The normalized spacial score (nSPS) is 14.9. The molecule has 0 saturated heterocycles. The molecular weight excluding hydrogens is 298 g/mol. The number of anilines is 1. The summed E-state index contributed by atoms with van der Waals surface area (Å²) in [6.45, 7) is 6.85. The lowest BCUT2D eigenvalue weighted by Crippen LogP contribution is -2.44. The van der Waals surface area contributed by atoms with Crippen molar-refractivity contribution in [3.63, 3.8) is 0 Å². The molecule has 3 rings (SSSR count). The smallest absolute Gasteiger partial charge is 0.268 e. The van der Waals surface area contributed by atoms with E-state index in [1.165, 1.54) is 11.1 Å². The summed E-state index contributed by atoms with van der Waals surface area (Å²) in [6, 6.07) is 14.3. The van der Waals surface area contributed by atoms with E-state index in [2.05, 4.69) is 19.1 Å². The van der Waals surface area contributed by atoms with Crippen LogP contribution < -0.4 is 9.64 Å². The van der Waals surface area contributed by atoms with E-state index in [0.717, 1.165) is 36.4 Å². The Balaban J connectivity index is 1.82. The van der Waals surface area contributed by atoms with Gasteiger partial charge in [-0.3, -0.25) is 4.79 Å². The summed E-state index contributed by atoms with van der Waals surface area (Å²) >= 11 is 0. The van der Waals surface area contributed by atoms with Crippen molar-refractivity contribution in [3.8, 4) is 5.75 Å². The molecule has 2 aromatic carbocycles. The zero-order chi connectivity index (χ0) is 17.1. The van der Waals surface area contributed by atoms with E-state index in [9.17, 15) is 4.79 Å². The number of hydrogen-bond donors (Lipinski definition) is 0. The zero-order valence-corrected chi connectivity index (χ0v) is 14.7. The Bertz CT molecular complexity index is 738. The Morgan fingerprint density at radius 2 is 2.00 bits per heavy atom. The van der Waals surface area contributed by atoms with E-state index in [1.807, 2.05) is 49.1 Å². The minimum atomic E-state index is -0.447. The van der Waals surface area contributed by atoms with Crippen LogP contribution in [-0.2, 0) is 11.2 Å². The van der Waals surface area contributed by atoms with Crippen LogP contribution in [0.25, 0.3) is 0 Å². The highest BCUT2D eigenvalue weighted by atomic mass is 16.5. The molecule has 0 bridgehead atoms. The number of para-hydroxylation sites is 1. The van der Waals surface area contributed by atoms with E-state index in [1.54, 1.807) is 0 Å². The van der Waals surface area contributed by atoms with Crippen LogP contribution in [0.2, 0.25) is 0 Å². The molecule has 1 atom stereocenters. The van der Waals surface area contributed by atoms with E-state index >= 15 is 0 Å². The van der Waals surface area contributed by atoms with E-state index in [4.69, 9.17) is 4.74 Å². The van der Waals surface area contributed by atoms with Gasteiger partial charge in [-0.2, -0.15) is 0 Å². The van der Waals surface area contributed by atoms with Crippen molar-refractivity contribution in [2.75, 3.05) is 11.4 Å². The fourth-order valence-corrected chi connectivity index (χ4v) is 3.33. The standard InChI is InChI=1S/C21H25NO2/c1-4-19(24-20-12-11-15(2)14-16(20)3)21(23)22-13-7-9-17-8-5-6-10-18(17)22/h5-6,8,10-12,14,19H,4,7,9,13H2,1-3H3/t19-/m0/s1. The predicted molar refractivity (Wildman–Crippen MR) is 97.7 cm³/mol. The van der Waals surface area contributed by atoms with Crippen LogP contribution in [-0.4, -0.2) is 18.6 Å². The third-order valence-electron chi connectivity index (χ3n) is 4.62. The molecule has 0 spiro atoms. The number of aryl methyl sites for hydroxylation is 3. The monoisotopic (exact) mass is 323 g/mol. The van der Waals surface area contributed by atoms with Crippen molar-refractivity contribution in [1.82, 2.24) is 0 Å². The number of amides is 1. The van der Waals surface area contributed by atoms with Gasteiger partial charge in [-0.25, -0.2) is 0 Å². The van der Waals surface area contributed by atoms with E-state index < -0.39 is 6.10 Å². The van der Waals surface area contributed by atoms with Gasteiger partial charge in [-0.1, -0.05) is 42.8 Å². The summed E-state index contributed by atoms with van der Waals surface area (Å²) in [5, 5.41) is 0. The first kappa shape index (κ1) is 16.6. The molecule has 0 aliphatic carbocycles. The van der Waals surface area contributed by atoms with Gasteiger partial charge in [0, 0.05) is 12.2 Å². The van der Waals surface area contributed by atoms with Gasteiger partial charge in [0.05, 0.1) is 0 Å². The molecule has 3 nitrogen and oxygen atoms in total. The molecule has 0 unspecified atom stereocenters. The first-order chi connectivity index (χ1) is 11.6. The lowest BCUT2D eigenvalue weighted by atomic mass is 10.0. The Morgan fingerprint density at radius 3 is 2.75 bits per heavy atom. The van der Waals surface area contributed by atoms with Crippen molar-refractivity contribution in [2.45, 2.75) is 46.1 Å². The SMILES string of the molecule is CC[C@H](Oc1ccc(C)cc1C)C(=O)N1CCCc2ccccc21. The maximum atomic E-state index is 13.1. The molecule has 0 N–H and O–H groups in total. The number of nitrogens with zero attached hydrogens (tertiary/aromatic N) is 1. The molecule has 126 valence electrons. The van der Waals surface area contributed by atoms with Crippen molar-refractivity contribution in [1.29, 1.82) is 0 Å². The number of fused-ring (bicyclic) bond motifs is 1. The van der Waals surface area contributed by atoms with Crippen molar-refractivity contribution in [3.05, 3.63) is 59.2 Å². The van der Waals surface area contributed by atoms with Gasteiger partial charge in [0.25, 0.3) is 5.91 Å². The molecule has 0 radical (unpaired) electrons. The van der Waals surface area contributed by atoms with E-state index in [0.29, 0.717) is 6.42 Å². The van der Waals surface area contributed by atoms with Crippen molar-refractivity contribution < 1.29 is 9.53 Å². The first-order valence-electron chi connectivity index (χ1n) is 8.73. The number of rotatable bonds is 4. The summed E-state index contributed by atoms with van der Waals surface area (Å²) < 4.78 is 6.09. The summed E-state index contributed by atoms with van der Waals surface area (Å²) in [5.41, 5.74) is 4.55. The van der Waals surface area contributed by atoms with E-state index in [-0.39, 0.29) is 5.91 Å². The van der Waals surface area contributed by atoms with Gasteiger partial charge >= 0.3 is 0 Å². The number of carbonyl (C=O) groups is 1. The molecule has 1 amide bonds. The van der Waals surface area contributed by atoms with Gasteiger partial charge in [0.2, 0.25) is 0 Å². The molecule has 3 heteroatoms. The highest BCUT2D eigenvalue weighted by molar-refractivity contribution is 5.97. The zero-order valence-electron chi connectivity index (χ0n) is 14.7. The minimum absolute atomic E-state index is 0.0598. The molecule has 1 aliphatic rings. The summed E-state index contributed by atoms with van der Waals surface area (Å²) in [4.78, 5) is 15.0. The van der Waals surface area contributed by atoms with Gasteiger partial charge in [0.15, 0.2) is 6.10 Å². The van der Waals surface area contributed by atoms with Gasteiger partial charge in [-0.05, 0) is 56.4 Å². The quantitative estimate of drug-likeness (QED) is 0.832. The Hall–Kier alpha value is -2.29. The summed E-state index contributed by atoms with van der Waals surface area (Å²) in [5.74, 6) is 0.857. The lowest BCUT2D eigenvalue weighted by Gasteiger charge is -2.32. The molecule has 24 heavy (non-hydrogen) atoms. The van der Waals surface area contributed by atoms with Crippen LogP contribution in [0.5, 0.6) is 5.75 Å². The van der Waals surface area contributed by atoms with Crippen LogP contribution in [0.4, 0.5) is 5.69 Å². The van der Waals surface area contributed by atoms with Gasteiger partial charge in [0.1, 0.15) is 5.75 Å². The van der Waals surface area contributed by atoms with Crippen LogP contribution in [0.15, 0.2) is 42.5 Å². The second-order valence-corrected chi connectivity index (χ2v) is 6.51. The highest BCUT2D eigenvalue weighted by Gasteiger charge is 2.29. The number of carbonyl (C=O) groups excluding carboxylic acids is 1. The lowest BCUT2D eigenvalue weighted by molar-refractivity contribution is -0.125. The Labute approximate surface area is 144 Å². The largest absolute Gasteiger partial charge is 0.480 e. The fraction of sp³-hybridized carbons (Fsp3) is 0.381. The average Bonchev–Trinajstić information content (AvgIpc) is 2.60. The summed E-state index contributed by atoms with van der Waals surface area (Å²) in [6.07, 6.45) is 2.25. The number of hydrogen-bond acceptors (Lipinski definition) is 2. The van der Waals surface area contributed by atoms with Crippen molar-refractivity contribution in [2.24, 2.45) is 0 Å². The maximum absolute atomic E-state index is 13.1. The van der Waals surface area contributed by atoms with Gasteiger partial charge in [-0.15, -0.1) is 0 Å². The van der Waals surface area contributed by atoms with Crippen LogP contribution in [0.3, 0.4) is 0 Å². The molecule has 0 saturated carbocycles. The number of benzene rings is 2. The Morgan fingerprint density at radius 1 is 1.21 bits per heavy atom. The van der Waals surface area contributed by atoms with Gasteiger partial charge < -0.3 is 9.64 Å². The van der Waals surface area contributed by atoms with Crippen LogP contribution in [0, 0.1) is 13.8 Å². The van der Waals surface area contributed by atoms with Crippen molar-refractivity contribution >= 4 is 11.6 Å². The molecule has 2 aromatic rings. The molecule has 0 fully saturated rings. The molecule has 0 aromatic heterocycles. The average molecular weight is 323 g/mol. The Kier molecular flexibility index (Phi) is 4.89. The summed E-state index contributed by atoms with van der Waals surface area (Å²) in [7, 11) is 0. The second-order valence-electron chi connectivity index (χ2n) is 6.51. The predicted octanol–water partition coefficient (Wildman–Crippen LogP) is 4.44. The van der Waals surface area contributed by atoms with Crippen LogP contribution in [0.1, 0.15) is 36.5 Å².